The molecule has 0 aromatic heterocycles. The van der Waals surface area contributed by atoms with Crippen LogP contribution in [0.5, 0.6) is 5.75 Å². The number of hydrogen-bond donors (Lipinski definition) is 0. The molecule has 0 amide bonds. The molecule has 0 aliphatic rings. The Morgan fingerprint density at radius 2 is 1.67 bits per heavy atom. The number of carbonyl (C=O) groups is 2. The standard InChI is InChI=1S/C18H18O3/c1-14(19)16-9-5-10-17(13-16)21-12-6-11-18(20)15-7-3-2-4-8-15/h2-5,7-10,13H,6,11-12H2,1H3. The van der Waals surface area contributed by atoms with E-state index in [2.05, 4.69) is 0 Å². The number of ketones is 2. The summed E-state index contributed by atoms with van der Waals surface area (Å²) in [7, 11) is 0. The second kappa shape index (κ2) is 7.39. The van der Waals surface area contributed by atoms with E-state index in [1.165, 1.54) is 6.92 Å². The molecule has 0 saturated heterocycles. The molecule has 0 atom stereocenters. The first-order valence-electron chi connectivity index (χ1n) is 6.99. The Hall–Kier alpha value is -2.42. The number of rotatable bonds is 7. The van der Waals surface area contributed by atoms with Gasteiger partial charge in [0.25, 0.3) is 0 Å². The van der Waals surface area contributed by atoms with E-state index < -0.39 is 0 Å². The highest BCUT2D eigenvalue weighted by molar-refractivity contribution is 5.96. The van der Waals surface area contributed by atoms with Crippen molar-refractivity contribution < 1.29 is 14.3 Å². The van der Waals surface area contributed by atoms with E-state index in [0.29, 0.717) is 30.8 Å². The van der Waals surface area contributed by atoms with Gasteiger partial charge in [-0.25, -0.2) is 0 Å². The molecule has 0 N–H and O–H groups in total. The maximum absolute atomic E-state index is 11.9. The van der Waals surface area contributed by atoms with E-state index >= 15 is 0 Å². The SMILES string of the molecule is CC(=O)c1cccc(OCCCC(=O)c2ccccc2)c1. The number of benzene rings is 2. The van der Waals surface area contributed by atoms with Crippen LogP contribution in [0.1, 0.15) is 40.5 Å². The maximum Gasteiger partial charge on any atom is 0.163 e. The maximum atomic E-state index is 11.9. The Balaban J connectivity index is 1.79. The summed E-state index contributed by atoms with van der Waals surface area (Å²) in [6, 6.07) is 16.3. The Morgan fingerprint density at radius 3 is 2.38 bits per heavy atom. The summed E-state index contributed by atoms with van der Waals surface area (Å²) in [6.45, 7) is 1.98. The lowest BCUT2D eigenvalue weighted by molar-refractivity contribution is 0.0972. The molecule has 0 aliphatic carbocycles. The van der Waals surface area contributed by atoms with Crippen molar-refractivity contribution in [3.05, 3.63) is 65.7 Å². The first-order chi connectivity index (χ1) is 10.2. The lowest BCUT2D eigenvalue weighted by Gasteiger charge is -2.07. The molecule has 21 heavy (non-hydrogen) atoms. The van der Waals surface area contributed by atoms with Crippen LogP contribution in [0.4, 0.5) is 0 Å². The van der Waals surface area contributed by atoms with Crippen LogP contribution < -0.4 is 4.74 Å². The first-order valence-corrected chi connectivity index (χ1v) is 6.99. The Kier molecular flexibility index (Phi) is 5.27. The summed E-state index contributed by atoms with van der Waals surface area (Å²) in [5.74, 6) is 0.797. The predicted octanol–water partition coefficient (Wildman–Crippen LogP) is 3.93. The smallest absolute Gasteiger partial charge is 0.163 e. The molecule has 3 heteroatoms. The van der Waals surface area contributed by atoms with E-state index in [9.17, 15) is 9.59 Å². The fourth-order valence-corrected chi connectivity index (χ4v) is 2.00. The summed E-state index contributed by atoms with van der Waals surface area (Å²) in [4.78, 5) is 23.2. The van der Waals surface area contributed by atoms with Crippen LogP contribution in [0.3, 0.4) is 0 Å². The van der Waals surface area contributed by atoms with Crippen LogP contribution in [0.2, 0.25) is 0 Å². The van der Waals surface area contributed by atoms with E-state index in [1.807, 2.05) is 36.4 Å². The Labute approximate surface area is 124 Å². The summed E-state index contributed by atoms with van der Waals surface area (Å²) < 4.78 is 5.58. The molecule has 108 valence electrons. The van der Waals surface area contributed by atoms with Crippen LogP contribution in [0.25, 0.3) is 0 Å². The molecule has 0 radical (unpaired) electrons. The third-order valence-electron chi connectivity index (χ3n) is 3.15. The van der Waals surface area contributed by atoms with Gasteiger partial charge >= 0.3 is 0 Å². The van der Waals surface area contributed by atoms with Crippen molar-refractivity contribution in [2.24, 2.45) is 0 Å². The van der Waals surface area contributed by atoms with Gasteiger partial charge in [-0.3, -0.25) is 9.59 Å². The topological polar surface area (TPSA) is 43.4 Å². The van der Waals surface area contributed by atoms with Gasteiger partial charge in [-0.1, -0.05) is 42.5 Å². The van der Waals surface area contributed by atoms with E-state index in [0.717, 1.165) is 5.56 Å². The quantitative estimate of drug-likeness (QED) is 0.571. The van der Waals surface area contributed by atoms with Gasteiger partial charge in [-0.05, 0) is 25.5 Å². The number of ether oxygens (including phenoxy) is 1. The average Bonchev–Trinajstić information content (AvgIpc) is 2.52. The second-order valence-corrected chi connectivity index (χ2v) is 4.83. The van der Waals surface area contributed by atoms with Crippen molar-refractivity contribution in [2.75, 3.05) is 6.61 Å². The monoisotopic (exact) mass is 282 g/mol. The van der Waals surface area contributed by atoms with Crippen molar-refractivity contribution >= 4 is 11.6 Å². The fraction of sp³-hybridized carbons (Fsp3) is 0.222. The molecule has 0 unspecified atom stereocenters. The zero-order valence-corrected chi connectivity index (χ0v) is 12.0. The second-order valence-electron chi connectivity index (χ2n) is 4.83. The molecule has 0 heterocycles. The Morgan fingerprint density at radius 1 is 0.952 bits per heavy atom. The molecule has 0 fully saturated rings. The molecular formula is C18H18O3. The van der Waals surface area contributed by atoms with Gasteiger partial charge in [0.05, 0.1) is 6.61 Å². The lowest BCUT2D eigenvalue weighted by atomic mass is 10.1. The fourth-order valence-electron chi connectivity index (χ4n) is 2.00. The lowest BCUT2D eigenvalue weighted by Crippen LogP contribution is -2.04. The van der Waals surface area contributed by atoms with Gasteiger partial charge in [0.2, 0.25) is 0 Å². The molecule has 0 aliphatic heterocycles. The predicted molar refractivity (Wildman–Crippen MR) is 81.9 cm³/mol. The highest BCUT2D eigenvalue weighted by Gasteiger charge is 2.05. The summed E-state index contributed by atoms with van der Waals surface area (Å²) in [6.07, 6.45) is 1.11. The minimum absolute atomic E-state index is 0.0136. The minimum Gasteiger partial charge on any atom is -0.494 e. The van der Waals surface area contributed by atoms with Gasteiger partial charge in [-0.2, -0.15) is 0 Å². The summed E-state index contributed by atoms with van der Waals surface area (Å²) in [5.41, 5.74) is 1.36. The summed E-state index contributed by atoms with van der Waals surface area (Å²) >= 11 is 0. The van der Waals surface area contributed by atoms with Crippen LogP contribution in [0, 0.1) is 0 Å². The Bertz CT molecular complexity index is 617. The average molecular weight is 282 g/mol. The van der Waals surface area contributed by atoms with Gasteiger partial charge in [0, 0.05) is 17.5 Å². The van der Waals surface area contributed by atoms with Crippen molar-refractivity contribution in [1.29, 1.82) is 0 Å². The number of hydrogen-bond acceptors (Lipinski definition) is 3. The minimum atomic E-state index is 0.0136. The molecule has 0 bridgehead atoms. The van der Waals surface area contributed by atoms with Gasteiger partial charge < -0.3 is 4.74 Å². The molecule has 0 spiro atoms. The largest absolute Gasteiger partial charge is 0.494 e. The van der Waals surface area contributed by atoms with Gasteiger partial charge in [-0.15, -0.1) is 0 Å². The molecular weight excluding hydrogens is 264 g/mol. The van der Waals surface area contributed by atoms with Crippen LogP contribution >= 0.6 is 0 Å². The normalized spacial score (nSPS) is 10.1. The zero-order valence-electron chi connectivity index (χ0n) is 12.0. The van der Waals surface area contributed by atoms with Crippen LogP contribution in [-0.2, 0) is 0 Å². The number of Topliss-reactive ketones (excluding diaryl/α,β-unsaturated/α-hetero) is 2. The van der Waals surface area contributed by atoms with Crippen molar-refractivity contribution in [3.63, 3.8) is 0 Å². The van der Waals surface area contributed by atoms with Gasteiger partial charge in [0.1, 0.15) is 5.75 Å². The van der Waals surface area contributed by atoms with Crippen LogP contribution in [0.15, 0.2) is 54.6 Å². The van der Waals surface area contributed by atoms with Crippen molar-refractivity contribution in [1.82, 2.24) is 0 Å². The van der Waals surface area contributed by atoms with Gasteiger partial charge in [0.15, 0.2) is 11.6 Å². The van der Waals surface area contributed by atoms with Crippen LogP contribution in [-0.4, -0.2) is 18.2 Å². The summed E-state index contributed by atoms with van der Waals surface area (Å²) in [5, 5.41) is 0. The first kappa shape index (κ1) is 15.0. The van der Waals surface area contributed by atoms with E-state index in [4.69, 9.17) is 4.74 Å². The van der Waals surface area contributed by atoms with E-state index in [1.54, 1.807) is 18.2 Å². The molecule has 0 saturated carbocycles. The highest BCUT2D eigenvalue weighted by atomic mass is 16.5. The zero-order chi connectivity index (χ0) is 15.1. The molecule has 2 rings (SSSR count). The third-order valence-corrected chi connectivity index (χ3v) is 3.15. The highest BCUT2D eigenvalue weighted by Crippen LogP contribution is 2.14. The van der Waals surface area contributed by atoms with Crippen molar-refractivity contribution in [2.45, 2.75) is 19.8 Å². The molecule has 2 aromatic carbocycles. The van der Waals surface area contributed by atoms with Crippen molar-refractivity contribution in [3.8, 4) is 5.75 Å². The molecule has 2 aromatic rings. The third kappa shape index (κ3) is 4.56. The molecule has 3 nitrogen and oxygen atoms in total. The number of carbonyl (C=O) groups excluding carboxylic acids is 2. The van der Waals surface area contributed by atoms with E-state index in [-0.39, 0.29) is 11.6 Å².